The summed E-state index contributed by atoms with van der Waals surface area (Å²) in [5, 5.41) is 5.86. The van der Waals surface area contributed by atoms with Crippen molar-refractivity contribution in [2.45, 2.75) is 0 Å². The van der Waals surface area contributed by atoms with Crippen LogP contribution in [0.5, 0.6) is 5.75 Å². The number of carbonyl (C=O) groups is 1. The molecular weight excluding hydrogens is 386 g/mol. The van der Waals surface area contributed by atoms with Crippen LogP contribution < -0.4 is 15.4 Å². The number of rotatable bonds is 4. The van der Waals surface area contributed by atoms with E-state index in [1.54, 1.807) is 37.4 Å². The smallest absolute Gasteiger partial charge is 0.257 e. The minimum atomic E-state index is -0.272. The van der Waals surface area contributed by atoms with Gasteiger partial charge in [-0.15, -0.1) is 0 Å². The maximum Gasteiger partial charge on any atom is 0.257 e. The highest BCUT2D eigenvalue weighted by molar-refractivity contribution is 7.80. The van der Waals surface area contributed by atoms with Gasteiger partial charge in [-0.1, -0.05) is 24.3 Å². The van der Waals surface area contributed by atoms with Crippen molar-refractivity contribution in [3.63, 3.8) is 0 Å². The third kappa shape index (κ3) is 4.25. The number of benzene rings is 3. The van der Waals surface area contributed by atoms with Crippen molar-refractivity contribution in [1.29, 1.82) is 0 Å². The highest BCUT2D eigenvalue weighted by Crippen LogP contribution is 2.28. The molecule has 6 nitrogen and oxygen atoms in total. The van der Waals surface area contributed by atoms with Crippen LogP contribution in [0.15, 0.2) is 77.2 Å². The van der Waals surface area contributed by atoms with Gasteiger partial charge >= 0.3 is 0 Å². The number of thiocarbonyl (C=S) groups is 1. The molecule has 0 bridgehead atoms. The second-order valence-electron chi connectivity index (χ2n) is 6.21. The maximum absolute atomic E-state index is 12.2. The monoisotopic (exact) mass is 403 g/mol. The molecular formula is C22H17N3O3S. The molecule has 0 unspecified atom stereocenters. The van der Waals surface area contributed by atoms with Gasteiger partial charge in [-0.3, -0.25) is 10.1 Å². The number of nitrogens with one attached hydrogen (secondary N) is 2. The van der Waals surface area contributed by atoms with Crippen molar-refractivity contribution < 1.29 is 13.9 Å². The normalized spacial score (nSPS) is 10.5. The summed E-state index contributed by atoms with van der Waals surface area (Å²) in [5.41, 5.74) is 3.37. The van der Waals surface area contributed by atoms with Gasteiger partial charge in [0.1, 0.15) is 11.3 Å². The van der Waals surface area contributed by atoms with Gasteiger partial charge in [0.05, 0.1) is 7.11 Å². The van der Waals surface area contributed by atoms with Gasteiger partial charge in [0.15, 0.2) is 10.7 Å². The largest absolute Gasteiger partial charge is 0.497 e. The second-order valence-corrected chi connectivity index (χ2v) is 6.62. The lowest BCUT2D eigenvalue weighted by atomic mass is 10.2. The minimum absolute atomic E-state index is 0.203. The first-order valence-electron chi connectivity index (χ1n) is 8.85. The van der Waals surface area contributed by atoms with Gasteiger partial charge in [0, 0.05) is 16.8 Å². The van der Waals surface area contributed by atoms with Gasteiger partial charge < -0.3 is 14.5 Å². The Labute approximate surface area is 172 Å². The highest BCUT2D eigenvalue weighted by Gasteiger charge is 2.11. The van der Waals surface area contributed by atoms with Gasteiger partial charge in [0.2, 0.25) is 5.89 Å². The third-order valence-corrected chi connectivity index (χ3v) is 4.43. The van der Waals surface area contributed by atoms with E-state index in [0.29, 0.717) is 28.2 Å². The van der Waals surface area contributed by atoms with Crippen LogP contribution in [0, 0.1) is 0 Å². The predicted molar refractivity (Wildman–Crippen MR) is 116 cm³/mol. The molecule has 1 heterocycles. The van der Waals surface area contributed by atoms with Crippen LogP contribution in [-0.4, -0.2) is 23.1 Å². The molecule has 0 radical (unpaired) electrons. The summed E-state index contributed by atoms with van der Waals surface area (Å²) in [7, 11) is 1.61. The molecule has 1 amide bonds. The Hall–Kier alpha value is -3.71. The Morgan fingerprint density at radius 2 is 1.86 bits per heavy atom. The number of fused-ring (bicyclic) bond motifs is 1. The average Bonchev–Trinajstić information content (AvgIpc) is 3.18. The van der Waals surface area contributed by atoms with Crippen LogP contribution >= 0.6 is 12.2 Å². The standard InChI is InChI=1S/C22H17N3O3S/c1-27-17-9-5-8-15(12-17)21-24-18-13-16(10-11-19(18)28-21)23-22(29)25-20(26)14-6-3-2-4-7-14/h2-13H,1H3,(H2,23,25,26,29). The Bertz CT molecular complexity index is 1190. The average molecular weight is 403 g/mol. The van der Waals surface area contributed by atoms with Crippen LogP contribution in [-0.2, 0) is 0 Å². The molecule has 0 fully saturated rings. The first kappa shape index (κ1) is 18.6. The summed E-state index contributed by atoms with van der Waals surface area (Å²) in [6, 6.07) is 21.8. The number of anilines is 1. The van der Waals surface area contributed by atoms with E-state index >= 15 is 0 Å². The van der Waals surface area contributed by atoms with E-state index in [1.807, 2.05) is 42.5 Å². The van der Waals surface area contributed by atoms with Crippen molar-refractivity contribution in [3.8, 4) is 17.2 Å². The van der Waals surface area contributed by atoms with Crippen molar-refractivity contribution in [2.24, 2.45) is 0 Å². The molecule has 7 heteroatoms. The van der Waals surface area contributed by atoms with Gasteiger partial charge in [-0.2, -0.15) is 0 Å². The summed E-state index contributed by atoms with van der Waals surface area (Å²) < 4.78 is 11.1. The summed E-state index contributed by atoms with van der Waals surface area (Å²) in [6.45, 7) is 0. The van der Waals surface area contributed by atoms with E-state index in [9.17, 15) is 4.79 Å². The molecule has 4 rings (SSSR count). The van der Waals surface area contributed by atoms with Gasteiger partial charge in [0.25, 0.3) is 5.91 Å². The Kier molecular flexibility index (Phi) is 5.22. The minimum Gasteiger partial charge on any atom is -0.497 e. The van der Waals surface area contributed by atoms with Crippen LogP contribution in [0.1, 0.15) is 10.4 Å². The zero-order valence-electron chi connectivity index (χ0n) is 15.5. The second kappa shape index (κ2) is 8.12. The molecule has 0 atom stereocenters. The molecule has 0 aliphatic heterocycles. The molecule has 29 heavy (non-hydrogen) atoms. The molecule has 0 saturated heterocycles. The Morgan fingerprint density at radius 3 is 2.66 bits per heavy atom. The number of amides is 1. The molecule has 0 aliphatic rings. The van der Waals surface area contributed by atoms with E-state index in [0.717, 1.165) is 11.3 Å². The summed E-state index contributed by atoms with van der Waals surface area (Å²) in [4.78, 5) is 16.7. The zero-order chi connectivity index (χ0) is 20.2. The van der Waals surface area contributed by atoms with Gasteiger partial charge in [-0.25, -0.2) is 4.98 Å². The number of carbonyl (C=O) groups excluding carboxylic acids is 1. The van der Waals surface area contributed by atoms with Crippen LogP contribution in [0.25, 0.3) is 22.6 Å². The number of hydrogen-bond donors (Lipinski definition) is 2. The third-order valence-electron chi connectivity index (χ3n) is 4.23. The lowest BCUT2D eigenvalue weighted by Gasteiger charge is -2.09. The highest BCUT2D eigenvalue weighted by atomic mass is 32.1. The van der Waals surface area contributed by atoms with E-state index in [-0.39, 0.29) is 11.0 Å². The van der Waals surface area contributed by atoms with Crippen LogP contribution in [0.4, 0.5) is 5.69 Å². The van der Waals surface area contributed by atoms with E-state index in [4.69, 9.17) is 21.4 Å². The maximum atomic E-state index is 12.2. The molecule has 144 valence electrons. The number of hydrogen-bond acceptors (Lipinski definition) is 5. The van der Waals surface area contributed by atoms with Crippen molar-refractivity contribution in [2.75, 3.05) is 12.4 Å². The number of nitrogens with zero attached hydrogens (tertiary/aromatic N) is 1. The van der Waals surface area contributed by atoms with Gasteiger partial charge in [-0.05, 0) is 60.7 Å². The lowest BCUT2D eigenvalue weighted by molar-refractivity contribution is 0.0977. The van der Waals surface area contributed by atoms with Crippen molar-refractivity contribution in [1.82, 2.24) is 10.3 Å². The number of aromatic nitrogens is 1. The molecule has 1 aromatic heterocycles. The molecule has 0 aliphatic carbocycles. The lowest BCUT2D eigenvalue weighted by Crippen LogP contribution is -2.34. The Morgan fingerprint density at radius 1 is 1.03 bits per heavy atom. The zero-order valence-corrected chi connectivity index (χ0v) is 16.3. The van der Waals surface area contributed by atoms with E-state index in [1.165, 1.54) is 0 Å². The van der Waals surface area contributed by atoms with E-state index < -0.39 is 0 Å². The molecule has 0 saturated carbocycles. The van der Waals surface area contributed by atoms with Crippen molar-refractivity contribution >= 4 is 40.0 Å². The van der Waals surface area contributed by atoms with Crippen molar-refractivity contribution in [3.05, 3.63) is 78.4 Å². The Balaban J connectivity index is 1.50. The summed E-state index contributed by atoms with van der Waals surface area (Å²) >= 11 is 5.24. The van der Waals surface area contributed by atoms with Crippen LogP contribution in [0.2, 0.25) is 0 Å². The number of oxazole rings is 1. The molecule has 2 N–H and O–H groups in total. The summed E-state index contributed by atoms with van der Waals surface area (Å²) in [6.07, 6.45) is 0. The molecule has 4 aromatic rings. The molecule has 3 aromatic carbocycles. The fourth-order valence-electron chi connectivity index (χ4n) is 2.81. The quantitative estimate of drug-likeness (QED) is 0.484. The summed E-state index contributed by atoms with van der Waals surface area (Å²) in [5.74, 6) is 0.952. The predicted octanol–water partition coefficient (Wildman–Crippen LogP) is 4.63. The fourth-order valence-corrected chi connectivity index (χ4v) is 3.02. The van der Waals surface area contributed by atoms with Crippen LogP contribution in [0.3, 0.4) is 0 Å². The number of methoxy groups -OCH3 is 1. The first-order valence-corrected chi connectivity index (χ1v) is 9.25. The van der Waals surface area contributed by atoms with E-state index in [2.05, 4.69) is 15.6 Å². The topological polar surface area (TPSA) is 76.4 Å². The fraction of sp³-hybridized carbons (Fsp3) is 0.0455. The SMILES string of the molecule is COc1cccc(-c2nc3cc(NC(=S)NC(=O)c4ccccc4)ccc3o2)c1. The number of ether oxygens (including phenoxy) is 1. The molecule has 0 spiro atoms. The first-order chi connectivity index (χ1) is 14.1.